The summed E-state index contributed by atoms with van der Waals surface area (Å²) in [4.78, 5) is 8.75. The third kappa shape index (κ3) is 3.32. The smallest absolute Gasteiger partial charge is 0.161 e. The minimum absolute atomic E-state index is 0.420. The quantitative estimate of drug-likeness (QED) is 0.780. The van der Waals surface area contributed by atoms with Crippen LogP contribution in [0, 0.1) is 13.8 Å². The molecule has 0 saturated carbocycles. The summed E-state index contributed by atoms with van der Waals surface area (Å²) in [6.45, 7) is 4.51. The first kappa shape index (κ1) is 14.4. The fraction of sp³-hybridized carbons (Fsp3) is 0.286. The van der Waals surface area contributed by atoms with E-state index in [9.17, 15) is 0 Å². The van der Waals surface area contributed by atoms with Crippen molar-refractivity contribution in [3.05, 3.63) is 44.6 Å². The summed E-state index contributed by atoms with van der Waals surface area (Å²) < 4.78 is 6.19. The van der Waals surface area contributed by atoms with Gasteiger partial charge in [-0.05, 0) is 43.2 Å². The molecule has 0 fully saturated rings. The van der Waals surface area contributed by atoms with E-state index < -0.39 is 0 Å². The van der Waals surface area contributed by atoms with Gasteiger partial charge in [-0.1, -0.05) is 27.5 Å². The van der Waals surface area contributed by atoms with Gasteiger partial charge in [0.2, 0.25) is 0 Å². The van der Waals surface area contributed by atoms with Gasteiger partial charge in [-0.3, -0.25) is 0 Å². The Morgan fingerprint density at radius 3 is 2.37 bits per heavy atom. The highest BCUT2D eigenvalue weighted by molar-refractivity contribution is 9.10. The number of hydrogen-bond donors (Lipinski definition) is 0. The number of rotatable bonds is 3. The molecule has 5 heteroatoms. The maximum Gasteiger partial charge on any atom is 0.161 e. The molecule has 0 spiro atoms. The molecule has 0 unspecified atom stereocenters. The summed E-state index contributed by atoms with van der Waals surface area (Å²) in [6, 6.07) is 5.80. The predicted molar refractivity (Wildman–Crippen MR) is 80.4 cm³/mol. The fourth-order valence-corrected chi connectivity index (χ4v) is 2.33. The Labute approximate surface area is 126 Å². The maximum atomic E-state index is 6.03. The third-order valence-electron chi connectivity index (χ3n) is 2.73. The van der Waals surface area contributed by atoms with E-state index in [1.165, 1.54) is 0 Å². The van der Waals surface area contributed by atoms with Crippen LogP contribution >= 0.6 is 27.5 Å². The number of benzene rings is 1. The third-order valence-corrected chi connectivity index (χ3v) is 4.18. The lowest BCUT2D eigenvalue weighted by Gasteiger charge is -2.08. The lowest BCUT2D eigenvalue weighted by atomic mass is 10.1. The maximum absolute atomic E-state index is 6.03. The molecule has 0 aliphatic heterocycles. The Bertz CT molecular complexity index is 593. The van der Waals surface area contributed by atoms with Gasteiger partial charge >= 0.3 is 0 Å². The second kappa shape index (κ2) is 5.99. The molecule has 1 aromatic carbocycles. The number of aryl methyl sites for hydroxylation is 2. The van der Waals surface area contributed by atoms with E-state index in [-0.39, 0.29) is 0 Å². The summed E-state index contributed by atoms with van der Waals surface area (Å²) in [7, 11) is 1.63. The summed E-state index contributed by atoms with van der Waals surface area (Å²) in [5.41, 5.74) is 4.02. The molecule has 3 nitrogen and oxygen atoms in total. The molecule has 1 aromatic heterocycles. The average Bonchev–Trinajstić information content (AvgIpc) is 2.35. The molecule has 2 rings (SSSR count). The van der Waals surface area contributed by atoms with Gasteiger partial charge in [0, 0.05) is 17.1 Å². The zero-order valence-electron chi connectivity index (χ0n) is 11.0. The molecule has 0 aliphatic rings. The van der Waals surface area contributed by atoms with Crippen LogP contribution in [0.2, 0.25) is 5.15 Å². The van der Waals surface area contributed by atoms with E-state index in [0.29, 0.717) is 17.6 Å². The van der Waals surface area contributed by atoms with Gasteiger partial charge in [-0.2, -0.15) is 0 Å². The molecule has 0 N–H and O–H groups in total. The van der Waals surface area contributed by atoms with Crippen molar-refractivity contribution in [3.63, 3.8) is 0 Å². The van der Waals surface area contributed by atoms with Crippen molar-refractivity contribution in [2.45, 2.75) is 20.5 Å². The van der Waals surface area contributed by atoms with E-state index in [1.54, 1.807) is 13.2 Å². The number of hydrogen-bond acceptors (Lipinski definition) is 3. The Hall–Kier alpha value is -0.970. The first-order chi connectivity index (χ1) is 9.01. The van der Waals surface area contributed by atoms with Crippen molar-refractivity contribution in [1.29, 1.82) is 0 Å². The van der Waals surface area contributed by atoms with Gasteiger partial charge in [-0.15, -0.1) is 0 Å². The Kier molecular flexibility index (Phi) is 4.55. The summed E-state index contributed by atoms with van der Waals surface area (Å²) in [5.74, 6) is 0.623. The zero-order valence-corrected chi connectivity index (χ0v) is 13.3. The van der Waals surface area contributed by atoms with E-state index in [1.807, 2.05) is 26.0 Å². The van der Waals surface area contributed by atoms with Crippen LogP contribution in [-0.4, -0.2) is 17.1 Å². The van der Waals surface area contributed by atoms with Crippen molar-refractivity contribution in [1.82, 2.24) is 9.97 Å². The zero-order chi connectivity index (χ0) is 14.0. The molecular formula is C14H14BrClN2O. The molecule has 1 heterocycles. The lowest BCUT2D eigenvalue weighted by molar-refractivity contribution is 0.181. The largest absolute Gasteiger partial charge is 0.378 e. The summed E-state index contributed by atoms with van der Waals surface area (Å²) in [6.07, 6.45) is 0. The van der Waals surface area contributed by atoms with Crippen LogP contribution < -0.4 is 0 Å². The van der Waals surface area contributed by atoms with Crippen molar-refractivity contribution in [2.75, 3.05) is 7.11 Å². The standard InChI is InChI=1S/C14H14BrClN2O/c1-8-4-10(5-9(2)13(8)15)14-17-11(7-19-3)6-12(16)18-14/h4-6H,7H2,1-3H3. The van der Waals surface area contributed by atoms with E-state index >= 15 is 0 Å². The van der Waals surface area contributed by atoms with Crippen molar-refractivity contribution < 1.29 is 4.74 Å². The number of halogens is 2. The highest BCUT2D eigenvalue weighted by atomic mass is 79.9. The van der Waals surface area contributed by atoms with E-state index in [2.05, 4.69) is 25.9 Å². The minimum atomic E-state index is 0.420. The topological polar surface area (TPSA) is 35.0 Å². The highest BCUT2D eigenvalue weighted by Crippen LogP contribution is 2.27. The van der Waals surface area contributed by atoms with Gasteiger partial charge in [0.15, 0.2) is 5.82 Å². The number of aromatic nitrogens is 2. The minimum Gasteiger partial charge on any atom is -0.378 e. The summed E-state index contributed by atoms with van der Waals surface area (Å²) in [5, 5.41) is 0.426. The molecular weight excluding hydrogens is 328 g/mol. The van der Waals surface area contributed by atoms with Gasteiger partial charge < -0.3 is 4.74 Å². The van der Waals surface area contributed by atoms with Crippen LogP contribution in [0.25, 0.3) is 11.4 Å². The van der Waals surface area contributed by atoms with Crippen molar-refractivity contribution >= 4 is 27.5 Å². The Balaban J connectivity index is 2.52. The van der Waals surface area contributed by atoms with E-state index in [4.69, 9.17) is 16.3 Å². The Morgan fingerprint density at radius 1 is 1.16 bits per heavy atom. The number of nitrogens with zero attached hydrogens (tertiary/aromatic N) is 2. The molecule has 0 radical (unpaired) electrons. The lowest BCUT2D eigenvalue weighted by Crippen LogP contribution is -1.98. The molecule has 0 saturated heterocycles. The number of ether oxygens (including phenoxy) is 1. The van der Waals surface area contributed by atoms with Crippen LogP contribution in [0.5, 0.6) is 0 Å². The monoisotopic (exact) mass is 340 g/mol. The van der Waals surface area contributed by atoms with E-state index in [0.717, 1.165) is 26.9 Å². The molecule has 100 valence electrons. The van der Waals surface area contributed by atoms with Gasteiger partial charge in [0.1, 0.15) is 5.15 Å². The second-order valence-electron chi connectivity index (χ2n) is 4.36. The van der Waals surface area contributed by atoms with Crippen LogP contribution in [0.15, 0.2) is 22.7 Å². The summed E-state index contributed by atoms with van der Waals surface area (Å²) >= 11 is 9.58. The number of methoxy groups -OCH3 is 1. The van der Waals surface area contributed by atoms with Crippen LogP contribution in [0.4, 0.5) is 0 Å². The van der Waals surface area contributed by atoms with Gasteiger partial charge in [0.05, 0.1) is 12.3 Å². The molecule has 2 aromatic rings. The molecule has 0 bridgehead atoms. The fourth-order valence-electron chi connectivity index (χ4n) is 1.89. The first-order valence-corrected chi connectivity index (χ1v) is 6.98. The second-order valence-corrected chi connectivity index (χ2v) is 5.54. The van der Waals surface area contributed by atoms with Gasteiger partial charge in [0.25, 0.3) is 0 Å². The normalized spacial score (nSPS) is 10.8. The van der Waals surface area contributed by atoms with Gasteiger partial charge in [-0.25, -0.2) is 9.97 Å². The van der Waals surface area contributed by atoms with Crippen LogP contribution in [0.3, 0.4) is 0 Å². The van der Waals surface area contributed by atoms with Crippen LogP contribution in [0.1, 0.15) is 16.8 Å². The SMILES string of the molecule is COCc1cc(Cl)nc(-c2cc(C)c(Br)c(C)c2)n1. The first-order valence-electron chi connectivity index (χ1n) is 5.80. The molecule has 0 aliphatic carbocycles. The molecule has 19 heavy (non-hydrogen) atoms. The highest BCUT2D eigenvalue weighted by Gasteiger charge is 2.09. The van der Waals surface area contributed by atoms with Crippen molar-refractivity contribution in [3.8, 4) is 11.4 Å². The average molecular weight is 342 g/mol. The molecule has 0 amide bonds. The van der Waals surface area contributed by atoms with Crippen LogP contribution in [-0.2, 0) is 11.3 Å². The van der Waals surface area contributed by atoms with Crippen molar-refractivity contribution in [2.24, 2.45) is 0 Å². The molecule has 0 atom stereocenters. The predicted octanol–water partition coefficient (Wildman–Crippen LogP) is 4.32. The Morgan fingerprint density at radius 2 is 1.79 bits per heavy atom.